The number of rotatable bonds is 7. The van der Waals surface area contributed by atoms with Crippen LogP contribution in [0.4, 0.5) is 5.69 Å². The van der Waals surface area contributed by atoms with Crippen LogP contribution in [0.25, 0.3) is 0 Å². The van der Waals surface area contributed by atoms with Crippen LogP contribution in [0.1, 0.15) is 51.8 Å². The lowest BCUT2D eigenvalue weighted by atomic mass is 10.1. The number of furan rings is 2. The summed E-state index contributed by atoms with van der Waals surface area (Å²) in [5, 5.41) is 9.62. The molecule has 3 aromatic heterocycles. The molecule has 0 bridgehead atoms. The lowest BCUT2D eigenvalue weighted by molar-refractivity contribution is 0.0943. The van der Waals surface area contributed by atoms with Crippen molar-refractivity contribution in [2.45, 2.75) is 32.4 Å². The number of nitrogens with one attached hydrogen (secondary N) is 2. The topological polar surface area (TPSA) is 106 Å². The van der Waals surface area contributed by atoms with Crippen LogP contribution in [-0.2, 0) is 20.1 Å². The molecule has 0 saturated carbocycles. The minimum atomic E-state index is -0.423. The third kappa shape index (κ3) is 4.80. The van der Waals surface area contributed by atoms with Crippen molar-refractivity contribution in [1.82, 2.24) is 20.0 Å². The lowest BCUT2D eigenvalue weighted by Crippen LogP contribution is -2.28. The number of nitrogens with zero attached hydrogens (tertiary/aromatic N) is 3. The van der Waals surface area contributed by atoms with E-state index in [1.807, 2.05) is 6.07 Å². The van der Waals surface area contributed by atoms with Crippen LogP contribution >= 0.6 is 0 Å². The summed E-state index contributed by atoms with van der Waals surface area (Å²) in [4.78, 5) is 27.5. The third-order valence-electron chi connectivity index (χ3n) is 5.01. The molecule has 158 valence electrons. The number of aromatic nitrogens is 2. The normalized spacial score (nSPS) is 14.6. The van der Waals surface area contributed by atoms with E-state index < -0.39 is 11.8 Å². The standard InChI is InChI=1S/C21H25N5O4/c1-25-14-17(19(24-25)21(28)22-12-15-6-5-11-29-15)23-20(27)18-8-7-16(30-18)13-26-9-3-2-4-10-26/h5-8,11,14H,2-4,9-10,12-13H2,1H3,(H,22,28)(H,23,27). The van der Waals surface area contributed by atoms with Crippen molar-refractivity contribution in [2.75, 3.05) is 18.4 Å². The van der Waals surface area contributed by atoms with E-state index in [1.165, 1.54) is 30.2 Å². The predicted molar refractivity (Wildman–Crippen MR) is 109 cm³/mol. The van der Waals surface area contributed by atoms with Crippen LogP contribution in [0.2, 0.25) is 0 Å². The number of hydrogen-bond acceptors (Lipinski definition) is 6. The summed E-state index contributed by atoms with van der Waals surface area (Å²) in [7, 11) is 1.68. The Labute approximate surface area is 174 Å². The van der Waals surface area contributed by atoms with Crippen molar-refractivity contribution in [3.05, 3.63) is 59.7 Å². The molecule has 0 unspecified atom stereocenters. The Morgan fingerprint density at radius 1 is 1.10 bits per heavy atom. The molecule has 1 saturated heterocycles. The summed E-state index contributed by atoms with van der Waals surface area (Å²) >= 11 is 0. The molecular weight excluding hydrogens is 386 g/mol. The maximum Gasteiger partial charge on any atom is 0.291 e. The van der Waals surface area contributed by atoms with Crippen molar-refractivity contribution in [3.8, 4) is 0 Å². The van der Waals surface area contributed by atoms with Gasteiger partial charge in [-0.25, -0.2) is 0 Å². The maximum absolute atomic E-state index is 12.6. The van der Waals surface area contributed by atoms with Crippen molar-refractivity contribution < 1.29 is 18.4 Å². The molecular formula is C21H25N5O4. The zero-order valence-corrected chi connectivity index (χ0v) is 16.9. The third-order valence-corrected chi connectivity index (χ3v) is 5.01. The highest BCUT2D eigenvalue weighted by Crippen LogP contribution is 2.18. The number of piperidine rings is 1. The van der Waals surface area contributed by atoms with E-state index in [4.69, 9.17) is 8.83 Å². The SMILES string of the molecule is Cn1cc(NC(=O)c2ccc(CN3CCCCC3)o2)c(C(=O)NCc2ccco2)n1. The Kier molecular flexibility index (Phi) is 5.99. The highest BCUT2D eigenvalue weighted by molar-refractivity contribution is 6.07. The van der Waals surface area contributed by atoms with E-state index in [0.717, 1.165) is 18.8 Å². The minimum Gasteiger partial charge on any atom is -0.467 e. The van der Waals surface area contributed by atoms with Gasteiger partial charge in [-0.2, -0.15) is 5.10 Å². The number of amides is 2. The van der Waals surface area contributed by atoms with Crippen LogP contribution in [0, 0.1) is 0 Å². The van der Waals surface area contributed by atoms with E-state index in [9.17, 15) is 9.59 Å². The second-order valence-electron chi connectivity index (χ2n) is 7.38. The van der Waals surface area contributed by atoms with Crippen LogP contribution < -0.4 is 10.6 Å². The van der Waals surface area contributed by atoms with Gasteiger partial charge >= 0.3 is 0 Å². The molecule has 4 heterocycles. The van der Waals surface area contributed by atoms with Crippen molar-refractivity contribution in [3.63, 3.8) is 0 Å². The second-order valence-corrected chi connectivity index (χ2v) is 7.38. The Hall–Kier alpha value is -3.33. The number of carbonyl (C=O) groups excluding carboxylic acids is 2. The fourth-order valence-corrected chi connectivity index (χ4v) is 3.52. The van der Waals surface area contributed by atoms with Gasteiger partial charge < -0.3 is 19.5 Å². The van der Waals surface area contributed by atoms with Gasteiger partial charge in [0, 0.05) is 13.2 Å². The number of anilines is 1. The van der Waals surface area contributed by atoms with Gasteiger partial charge in [-0.1, -0.05) is 6.42 Å². The first kappa shape index (κ1) is 20.0. The molecule has 0 radical (unpaired) electrons. The zero-order chi connectivity index (χ0) is 20.9. The Bertz CT molecular complexity index is 999. The van der Waals surface area contributed by atoms with E-state index in [0.29, 0.717) is 18.0 Å². The van der Waals surface area contributed by atoms with E-state index in [1.54, 1.807) is 31.4 Å². The van der Waals surface area contributed by atoms with Gasteiger partial charge in [0.1, 0.15) is 11.5 Å². The van der Waals surface area contributed by atoms with E-state index in [2.05, 4.69) is 20.6 Å². The smallest absolute Gasteiger partial charge is 0.291 e. The van der Waals surface area contributed by atoms with Gasteiger partial charge in [-0.3, -0.25) is 19.2 Å². The fraction of sp³-hybridized carbons (Fsp3) is 0.381. The van der Waals surface area contributed by atoms with Gasteiger partial charge in [0.15, 0.2) is 11.5 Å². The number of hydrogen-bond donors (Lipinski definition) is 2. The maximum atomic E-state index is 12.6. The molecule has 2 amide bonds. The number of aryl methyl sites for hydroxylation is 1. The second kappa shape index (κ2) is 9.00. The quantitative estimate of drug-likeness (QED) is 0.619. The summed E-state index contributed by atoms with van der Waals surface area (Å²) in [6.45, 7) is 3.03. The summed E-state index contributed by atoms with van der Waals surface area (Å²) in [5.41, 5.74) is 0.436. The summed E-state index contributed by atoms with van der Waals surface area (Å²) < 4.78 is 12.4. The summed E-state index contributed by atoms with van der Waals surface area (Å²) in [6.07, 6.45) is 6.78. The molecule has 30 heavy (non-hydrogen) atoms. The van der Waals surface area contributed by atoms with Crippen molar-refractivity contribution in [2.24, 2.45) is 7.05 Å². The monoisotopic (exact) mass is 411 g/mol. The average Bonchev–Trinajstić information content (AvgIpc) is 3.48. The molecule has 0 aliphatic carbocycles. The predicted octanol–water partition coefficient (Wildman–Crippen LogP) is 2.77. The van der Waals surface area contributed by atoms with Crippen LogP contribution in [0.5, 0.6) is 0 Å². The van der Waals surface area contributed by atoms with E-state index >= 15 is 0 Å². The first-order valence-electron chi connectivity index (χ1n) is 10.0. The molecule has 1 aliphatic heterocycles. The van der Waals surface area contributed by atoms with Crippen molar-refractivity contribution >= 4 is 17.5 Å². The highest BCUT2D eigenvalue weighted by atomic mass is 16.4. The lowest BCUT2D eigenvalue weighted by Gasteiger charge is -2.25. The Morgan fingerprint density at radius 2 is 1.93 bits per heavy atom. The average molecular weight is 411 g/mol. The highest BCUT2D eigenvalue weighted by Gasteiger charge is 2.21. The molecule has 3 aromatic rings. The van der Waals surface area contributed by atoms with Crippen LogP contribution in [-0.4, -0.2) is 39.6 Å². The molecule has 0 aromatic carbocycles. The molecule has 2 N–H and O–H groups in total. The van der Waals surface area contributed by atoms with Gasteiger partial charge in [0.25, 0.3) is 11.8 Å². The molecule has 4 rings (SSSR count). The summed E-state index contributed by atoms with van der Waals surface area (Å²) in [6, 6.07) is 6.99. The van der Waals surface area contributed by atoms with E-state index in [-0.39, 0.29) is 18.0 Å². The van der Waals surface area contributed by atoms with Crippen LogP contribution in [0.3, 0.4) is 0 Å². The Morgan fingerprint density at radius 3 is 2.70 bits per heavy atom. The Balaban J connectivity index is 1.39. The molecule has 1 fully saturated rings. The van der Waals surface area contributed by atoms with Crippen molar-refractivity contribution in [1.29, 1.82) is 0 Å². The first-order valence-corrected chi connectivity index (χ1v) is 10.0. The summed E-state index contributed by atoms with van der Waals surface area (Å²) in [5.74, 6) is 0.750. The largest absolute Gasteiger partial charge is 0.467 e. The molecule has 9 heteroatoms. The van der Waals surface area contributed by atoms with Gasteiger partial charge in [-0.05, 0) is 50.2 Å². The van der Waals surface area contributed by atoms with Crippen LogP contribution in [0.15, 0.2) is 45.6 Å². The minimum absolute atomic E-state index is 0.123. The van der Waals surface area contributed by atoms with Gasteiger partial charge in [-0.15, -0.1) is 0 Å². The van der Waals surface area contributed by atoms with Gasteiger partial charge in [0.2, 0.25) is 0 Å². The fourth-order valence-electron chi connectivity index (χ4n) is 3.52. The molecule has 0 spiro atoms. The number of likely N-dealkylation sites (tertiary alicyclic amines) is 1. The molecule has 9 nitrogen and oxygen atoms in total. The zero-order valence-electron chi connectivity index (χ0n) is 16.9. The molecule has 0 atom stereocenters. The molecule has 1 aliphatic rings. The number of carbonyl (C=O) groups is 2. The van der Waals surface area contributed by atoms with Gasteiger partial charge in [0.05, 0.1) is 25.0 Å². The first-order chi connectivity index (χ1) is 14.6.